The molecule has 1 saturated carbocycles. The Hall–Kier alpha value is -1.79. The van der Waals surface area contributed by atoms with Gasteiger partial charge >= 0.3 is 6.09 Å². The zero-order chi connectivity index (χ0) is 15.8. The van der Waals surface area contributed by atoms with Crippen LogP contribution in [0.1, 0.15) is 46.5 Å². The lowest BCUT2D eigenvalue weighted by atomic mass is 9.95. The third kappa shape index (κ3) is 4.09. The van der Waals surface area contributed by atoms with Gasteiger partial charge < -0.3 is 21.1 Å². The first-order chi connectivity index (χ1) is 9.60. The summed E-state index contributed by atoms with van der Waals surface area (Å²) in [6, 6.07) is -0.899. The minimum atomic E-state index is -0.899. The van der Waals surface area contributed by atoms with E-state index < -0.39 is 23.6 Å². The summed E-state index contributed by atoms with van der Waals surface area (Å²) in [7, 11) is 0. The lowest BCUT2D eigenvalue weighted by Crippen LogP contribution is -2.47. The van der Waals surface area contributed by atoms with E-state index in [1.165, 1.54) is 0 Å². The summed E-state index contributed by atoms with van der Waals surface area (Å²) in [4.78, 5) is 35.1. The van der Waals surface area contributed by atoms with Crippen molar-refractivity contribution in [1.29, 1.82) is 0 Å². The predicted octanol–water partition coefficient (Wildman–Crippen LogP) is 0.424. The summed E-state index contributed by atoms with van der Waals surface area (Å²) in [5, 5.41) is 5.41. The van der Waals surface area contributed by atoms with E-state index in [0.29, 0.717) is 6.42 Å². The number of hydrogen-bond acceptors (Lipinski definition) is 4. The lowest BCUT2D eigenvalue weighted by Gasteiger charge is -2.23. The molecule has 7 heteroatoms. The fourth-order valence-electron chi connectivity index (χ4n) is 2.63. The third-order valence-corrected chi connectivity index (χ3v) is 3.80. The molecule has 0 aromatic carbocycles. The summed E-state index contributed by atoms with van der Waals surface area (Å²) in [6.07, 6.45) is 2.17. The maximum absolute atomic E-state index is 11.9. The minimum Gasteiger partial charge on any atom is -0.444 e. The summed E-state index contributed by atoms with van der Waals surface area (Å²) < 4.78 is 5.10. The van der Waals surface area contributed by atoms with Crippen LogP contribution >= 0.6 is 0 Å². The quantitative estimate of drug-likeness (QED) is 0.698. The monoisotopic (exact) mass is 297 g/mol. The van der Waals surface area contributed by atoms with Gasteiger partial charge in [-0.15, -0.1) is 0 Å². The predicted molar refractivity (Wildman–Crippen MR) is 75.2 cm³/mol. The lowest BCUT2D eigenvalue weighted by molar-refractivity contribution is -0.124. The molecule has 118 valence electrons. The van der Waals surface area contributed by atoms with Crippen LogP contribution in [0.3, 0.4) is 0 Å². The van der Waals surface area contributed by atoms with Crippen molar-refractivity contribution in [3.63, 3.8) is 0 Å². The molecule has 1 saturated heterocycles. The molecule has 2 rings (SSSR count). The van der Waals surface area contributed by atoms with Gasteiger partial charge in [-0.2, -0.15) is 0 Å². The average Bonchev–Trinajstić information content (AvgIpc) is 2.95. The van der Waals surface area contributed by atoms with Crippen LogP contribution in [-0.4, -0.2) is 35.1 Å². The largest absolute Gasteiger partial charge is 0.444 e. The van der Waals surface area contributed by atoms with Crippen LogP contribution in [0, 0.1) is 5.92 Å². The molecule has 0 aromatic heterocycles. The van der Waals surface area contributed by atoms with Crippen molar-refractivity contribution in [2.75, 3.05) is 0 Å². The second-order valence-corrected chi connectivity index (χ2v) is 7.01. The normalized spacial score (nSPS) is 24.3. The van der Waals surface area contributed by atoms with Gasteiger partial charge in [-0.1, -0.05) is 0 Å². The second kappa shape index (κ2) is 5.20. The fraction of sp³-hybridized carbons (Fsp3) is 0.786. The molecule has 0 aromatic rings. The molecule has 3 amide bonds. The Kier molecular flexibility index (Phi) is 3.86. The molecule has 0 bridgehead atoms. The van der Waals surface area contributed by atoms with Crippen LogP contribution < -0.4 is 16.4 Å². The number of rotatable bonds is 4. The van der Waals surface area contributed by atoms with E-state index in [1.54, 1.807) is 20.8 Å². The highest BCUT2D eigenvalue weighted by Gasteiger charge is 2.52. The standard InChI is InChI=1S/C14H23N3O4/c1-13(2,3)21-12(20)16-9(10(15)18)6-8-7-14(4-5-14)17-11(8)19/h8-9H,4-7H2,1-3H3,(H2,15,18)(H,16,20)(H,17,19)/t8-,9+/m1/s1. The van der Waals surface area contributed by atoms with E-state index in [0.717, 1.165) is 12.8 Å². The van der Waals surface area contributed by atoms with Crippen molar-refractivity contribution in [3.8, 4) is 0 Å². The number of hydrogen-bond donors (Lipinski definition) is 3. The van der Waals surface area contributed by atoms with E-state index in [-0.39, 0.29) is 23.8 Å². The molecule has 2 fully saturated rings. The first-order valence-corrected chi connectivity index (χ1v) is 7.21. The first-order valence-electron chi connectivity index (χ1n) is 7.21. The van der Waals surface area contributed by atoms with Gasteiger partial charge in [0.1, 0.15) is 11.6 Å². The maximum Gasteiger partial charge on any atom is 0.408 e. The number of carbonyl (C=O) groups excluding carboxylic acids is 3. The van der Waals surface area contributed by atoms with Crippen molar-refractivity contribution in [2.24, 2.45) is 11.7 Å². The van der Waals surface area contributed by atoms with Gasteiger partial charge in [0, 0.05) is 11.5 Å². The molecule has 1 aliphatic carbocycles. The van der Waals surface area contributed by atoms with Gasteiger partial charge in [0.25, 0.3) is 0 Å². The number of nitrogens with two attached hydrogens (primary N) is 1. The third-order valence-electron chi connectivity index (χ3n) is 3.80. The van der Waals surface area contributed by atoms with Crippen LogP contribution in [-0.2, 0) is 14.3 Å². The fourth-order valence-corrected chi connectivity index (χ4v) is 2.63. The Bertz CT molecular complexity index is 465. The van der Waals surface area contributed by atoms with E-state index in [2.05, 4.69) is 10.6 Å². The number of primary amides is 1. The molecular weight excluding hydrogens is 274 g/mol. The Morgan fingerprint density at radius 1 is 1.48 bits per heavy atom. The topological polar surface area (TPSA) is 111 Å². The highest BCUT2D eigenvalue weighted by molar-refractivity contribution is 5.87. The Morgan fingerprint density at radius 3 is 2.52 bits per heavy atom. The van der Waals surface area contributed by atoms with Gasteiger partial charge in [-0.05, 0) is 46.5 Å². The van der Waals surface area contributed by atoms with Gasteiger partial charge in [-0.3, -0.25) is 9.59 Å². The zero-order valence-corrected chi connectivity index (χ0v) is 12.7. The van der Waals surface area contributed by atoms with Crippen molar-refractivity contribution >= 4 is 17.9 Å². The number of ether oxygens (including phenoxy) is 1. The summed E-state index contributed by atoms with van der Waals surface area (Å²) in [6.45, 7) is 5.19. The molecule has 1 aliphatic heterocycles. The smallest absolute Gasteiger partial charge is 0.408 e. The number of amides is 3. The highest BCUT2D eigenvalue weighted by atomic mass is 16.6. The van der Waals surface area contributed by atoms with Crippen molar-refractivity contribution in [1.82, 2.24) is 10.6 Å². The van der Waals surface area contributed by atoms with Crippen molar-refractivity contribution in [2.45, 2.75) is 63.6 Å². The SMILES string of the molecule is CC(C)(C)OC(=O)N[C@@H](C[C@@H]1CC2(CC2)NC1=O)C(N)=O. The van der Waals surface area contributed by atoms with Crippen LogP contribution in [0.5, 0.6) is 0 Å². The molecule has 7 nitrogen and oxygen atoms in total. The molecule has 2 aliphatic rings. The van der Waals surface area contributed by atoms with E-state index in [9.17, 15) is 14.4 Å². The second-order valence-electron chi connectivity index (χ2n) is 7.01. The van der Waals surface area contributed by atoms with Gasteiger partial charge in [0.2, 0.25) is 11.8 Å². The first kappa shape index (κ1) is 15.6. The molecule has 1 spiro atoms. The van der Waals surface area contributed by atoms with Gasteiger partial charge in [-0.25, -0.2) is 4.79 Å². The Morgan fingerprint density at radius 2 is 2.10 bits per heavy atom. The van der Waals surface area contributed by atoms with Crippen LogP contribution in [0.4, 0.5) is 4.79 Å². The number of nitrogens with one attached hydrogen (secondary N) is 2. The summed E-state index contributed by atoms with van der Waals surface area (Å²) in [5.41, 5.74) is 4.60. The molecule has 2 atom stereocenters. The zero-order valence-electron chi connectivity index (χ0n) is 12.7. The van der Waals surface area contributed by atoms with Crippen LogP contribution in [0.2, 0.25) is 0 Å². The number of carbonyl (C=O) groups is 3. The van der Waals surface area contributed by atoms with Gasteiger partial charge in [0.05, 0.1) is 0 Å². The molecule has 1 heterocycles. The summed E-state index contributed by atoms with van der Waals surface area (Å²) in [5.74, 6) is -1.02. The maximum atomic E-state index is 11.9. The minimum absolute atomic E-state index is 0.0597. The van der Waals surface area contributed by atoms with Crippen molar-refractivity contribution in [3.05, 3.63) is 0 Å². The number of alkyl carbamates (subject to hydrolysis) is 1. The van der Waals surface area contributed by atoms with E-state index in [4.69, 9.17) is 10.5 Å². The van der Waals surface area contributed by atoms with Gasteiger partial charge in [0.15, 0.2) is 0 Å². The van der Waals surface area contributed by atoms with E-state index in [1.807, 2.05) is 0 Å². The van der Waals surface area contributed by atoms with Crippen LogP contribution in [0.15, 0.2) is 0 Å². The molecule has 4 N–H and O–H groups in total. The molecule has 0 unspecified atom stereocenters. The van der Waals surface area contributed by atoms with Crippen molar-refractivity contribution < 1.29 is 19.1 Å². The molecular formula is C14H23N3O4. The van der Waals surface area contributed by atoms with E-state index >= 15 is 0 Å². The molecule has 21 heavy (non-hydrogen) atoms. The Labute approximate surface area is 124 Å². The average molecular weight is 297 g/mol. The summed E-state index contributed by atoms with van der Waals surface area (Å²) >= 11 is 0. The highest BCUT2D eigenvalue weighted by Crippen LogP contribution is 2.46. The van der Waals surface area contributed by atoms with Crippen LogP contribution in [0.25, 0.3) is 0 Å². The Balaban J connectivity index is 1.92. The molecule has 0 radical (unpaired) electrons.